The van der Waals surface area contributed by atoms with Crippen LogP contribution in [-0.4, -0.2) is 32.8 Å². The predicted octanol–water partition coefficient (Wildman–Crippen LogP) is 1.33. The van der Waals surface area contributed by atoms with E-state index in [0.29, 0.717) is 11.3 Å². The standard InChI is InChI=1S/C12H12N4O4/c1-8-6-10(16(18)19)14-15(8)7-9-4-3-5-13-11(9)12(17)20-2/h3-6H,7H2,1-2H3. The zero-order chi connectivity index (χ0) is 14.7. The van der Waals surface area contributed by atoms with Gasteiger partial charge in [-0.15, -0.1) is 0 Å². The van der Waals surface area contributed by atoms with E-state index in [4.69, 9.17) is 0 Å². The minimum Gasteiger partial charge on any atom is -0.464 e. The van der Waals surface area contributed by atoms with Gasteiger partial charge in [-0.3, -0.25) is 0 Å². The first kappa shape index (κ1) is 13.7. The Morgan fingerprint density at radius 3 is 2.90 bits per heavy atom. The minimum atomic E-state index is -0.562. The molecule has 0 aromatic carbocycles. The summed E-state index contributed by atoms with van der Waals surface area (Å²) >= 11 is 0. The number of carbonyl (C=O) groups excluding carboxylic acids is 1. The molecule has 0 saturated heterocycles. The lowest BCUT2D eigenvalue weighted by molar-refractivity contribution is -0.389. The maximum Gasteiger partial charge on any atom is 0.390 e. The molecule has 0 aliphatic carbocycles. The smallest absolute Gasteiger partial charge is 0.390 e. The summed E-state index contributed by atoms with van der Waals surface area (Å²) in [6.07, 6.45) is 1.48. The van der Waals surface area contributed by atoms with Crippen LogP contribution in [0.15, 0.2) is 24.4 Å². The van der Waals surface area contributed by atoms with Gasteiger partial charge in [0.25, 0.3) is 0 Å². The molecule has 0 atom stereocenters. The van der Waals surface area contributed by atoms with Crippen molar-refractivity contribution >= 4 is 11.8 Å². The average molecular weight is 276 g/mol. The van der Waals surface area contributed by atoms with Crippen LogP contribution in [0.5, 0.6) is 0 Å². The van der Waals surface area contributed by atoms with Crippen molar-refractivity contribution in [2.24, 2.45) is 0 Å². The molecule has 0 unspecified atom stereocenters. The van der Waals surface area contributed by atoms with Gasteiger partial charge in [0.1, 0.15) is 0 Å². The SMILES string of the molecule is COC(=O)c1ncccc1Cn1nc([N+](=O)[O-])cc1C. The van der Waals surface area contributed by atoms with Crippen molar-refractivity contribution in [1.82, 2.24) is 14.8 Å². The van der Waals surface area contributed by atoms with Crippen LogP contribution < -0.4 is 0 Å². The van der Waals surface area contributed by atoms with E-state index >= 15 is 0 Å². The van der Waals surface area contributed by atoms with Gasteiger partial charge in [-0.1, -0.05) is 6.07 Å². The number of aryl methyl sites for hydroxylation is 1. The van der Waals surface area contributed by atoms with Crippen LogP contribution in [0.2, 0.25) is 0 Å². The largest absolute Gasteiger partial charge is 0.464 e. The van der Waals surface area contributed by atoms with Crippen LogP contribution >= 0.6 is 0 Å². The topological polar surface area (TPSA) is 100 Å². The molecule has 0 bridgehead atoms. The van der Waals surface area contributed by atoms with Crippen LogP contribution in [0.25, 0.3) is 0 Å². The Hall–Kier alpha value is -2.77. The molecule has 0 amide bonds. The summed E-state index contributed by atoms with van der Waals surface area (Å²) in [5, 5.41) is 14.6. The molecule has 2 aromatic heterocycles. The number of carbonyl (C=O) groups is 1. The summed E-state index contributed by atoms with van der Waals surface area (Å²) in [6.45, 7) is 1.91. The lowest BCUT2D eigenvalue weighted by Crippen LogP contribution is -2.12. The van der Waals surface area contributed by atoms with Crippen LogP contribution in [0.4, 0.5) is 5.82 Å². The van der Waals surface area contributed by atoms with E-state index in [1.54, 1.807) is 19.1 Å². The van der Waals surface area contributed by atoms with Gasteiger partial charge in [-0.25, -0.2) is 9.78 Å². The molecular weight excluding hydrogens is 264 g/mol. The minimum absolute atomic E-state index is 0.174. The van der Waals surface area contributed by atoms with Gasteiger partial charge in [0, 0.05) is 11.8 Å². The van der Waals surface area contributed by atoms with E-state index in [9.17, 15) is 14.9 Å². The highest BCUT2D eigenvalue weighted by atomic mass is 16.6. The lowest BCUT2D eigenvalue weighted by atomic mass is 10.2. The number of nitrogens with zero attached hydrogens (tertiary/aromatic N) is 4. The van der Waals surface area contributed by atoms with Crippen molar-refractivity contribution in [2.75, 3.05) is 7.11 Å². The van der Waals surface area contributed by atoms with Crippen molar-refractivity contribution in [3.05, 3.63) is 51.5 Å². The van der Waals surface area contributed by atoms with Crippen molar-refractivity contribution < 1.29 is 14.5 Å². The fourth-order valence-electron chi connectivity index (χ4n) is 1.75. The monoisotopic (exact) mass is 276 g/mol. The van der Waals surface area contributed by atoms with Gasteiger partial charge in [0.05, 0.1) is 30.5 Å². The fraction of sp³-hybridized carbons (Fsp3) is 0.250. The Morgan fingerprint density at radius 2 is 2.30 bits per heavy atom. The molecule has 0 aliphatic heterocycles. The third kappa shape index (κ3) is 2.63. The van der Waals surface area contributed by atoms with Crippen molar-refractivity contribution in [3.8, 4) is 0 Å². The highest BCUT2D eigenvalue weighted by molar-refractivity contribution is 5.88. The molecule has 104 valence electrons. The maximum atomic E-state index is 11.6. The molecule has 0 spiro atoms. The molecule has 0 fully saturated rings. The summed E-state index contributed by atoms with van der Waals surface area (Å²) in [7, 11) is 1.27. The number of esters is 1. The number of rotatable bonds is 4. The molecule has 2 aromatic rings. The number of hydrogen-bond donors (Lipinski definition) is 0. The van der Waals surface area contributed by atoms with Crippen molar-refractivity contribution in [3.63, 3.8) is 0 Å². The summed E-state index contributed by atoms with van der Waals surface area (Å²) in [5.41, 5.74) is 1.38. The molecule has 8 heteroatoms. The number of nitro groups is 1. The number of hydrogen-bond acceptors (Lipinski definition) is 6. The summed E-state index contributed by atoms with van der Waals surface area (Å²) in [4.78, 5) is 25.7. The Balaban J connectivity index is 2.35. The third-order valence-corrected chi connectivity index (χ3v) is 2.75. The normalized spacial score (nSPS) is 10.3. The van der Waals surface area contributed by atoms with E-state index in [2.05, 4.69) is 14.8 Å². The molecule has 0 radical (unpaired) electrons. The van der Waals surface area contributed by atoms with E-state index < -0.39 is 10.9 Å². The van der Waals surface area contributed by atoms with Crippen molar-refractivity contribution in [1.29, 1.82) is 0 Å². The Morgan fingerprint density at radius 1 is 1.55 bits per heavy atom. The number of methoxy groups -OCH3 is 1. The number of aromatic nitrogens is 3. The summed E-state index contributed by atoms with van der Waals surface area (Å²) in [5.74, 6) is -0.786. The first-order chi connectivity index (χ1) is 9.52. The Bertz CT molecular complexity index is 665. The third-order valence-electron chi connectivity index (χ3n) is 2.75. The molecule has 2 heterocycles. The zero-order valence-electron chi connectivity index (χ0n) is 10.9. The van der Waals surface area contributed by atoms with Gasteiger partial charge < -0.3 is 14.9 Å². The second-order valence-electron chi connectivity index (χ2n) is 4.06. The van der Waals surface area contributed by atoms with Gasteiger partial charge in [-0.2, -0.15) is 4.68 Å². The Kier molecular flexibility index (Phi) is 3.74. The van der Waals surface area contributed by atoms with Gasteiger partial charge in [0.15, 0.2) is 5.69 Å². The number of pyridine rings is 1. The molecule has 2 rings (SSSR count). The highest BCUT2D eigenvalue weighted by Gasteiger charge is 2.19. The zero-order valence-corrected chi connectivity index (χ0v) is 10.9. The molecular formula is C12H12N4O4. The van der Waals surface area contributed by atoms with Gasteiger partial charge in [-0.05, 0) is 17.9 Å². The predicted molar refractivity (Wildman–Crippen MR) is 68.3 cm³/mol. The quantitative estimate of drug-likeness (QED) is 0.474. The van der Waals surface area contributed by atoms with Crippen LogP contribution in [0, 0.1) is 17.0 Å². The first-order valence-corrected chi connectivity index (χ1v) is 5.74. The lowest BCUT2D eigenvalue weighted by Gasteiger charge is -2.05. The number of ether oxygens (including phenoxy) is 1. The molecule has 0 aliphatic rings. The van der Waals surface area contributed by atoms with E-state index in [1.807, 2.05) is 0 Å². The first-order valence-electron chi connectivity index (χ1n) is 5.74. The second-order valence-corrected chi connectivity index (χ2v) is 4.06. The van der Waals surface area contributed by atoms with Gasteiger partial charge in [0.2, 0.25) is 0 Å². The van der Waals surface area contributed by atoms with Crippen molar-refractivity contribution in [2.45, 2.75) is 13.5 Å². The average Bonchev–Trinajstić information content (AvgIpc) is 2.80. The fourth-order valence-corrected chi connectivity index (χ4v) is 1.75. The van der Waals surface area contributed by atoms with E-state index in [0.717, 1.165) is 0 Å². The Labute approximate surface area is 114 Å². The van der Waals surface area contributed by atoms with Crippen LogP contribution in [0.3, 0.4) is 0 Å². The van der Waals surface area contributed by atoms with Crippen LogP contribution in [0.1, 0.15) is 21.7 Å². The van der Waals surface area contributed by atoms with E-state index in [1.165, 1.54) is 24.1 Å². The highest BCUT2D eigenvalue weighted by Crippen LogP contribution is 2.14. The van der Waals surface area contributed by atoms with E-state index in [-0.39, 0.29) is 18.1 Å². The van der Waals surface area contributed by atoms with Crippen LogP contribution in [-0.2, 0) is 11.3 Å². The molecule has 20 heavy (non-hydrogen) atoms. The summed E-state index contributed by atoms with van der Waals surface area (Å²) < 4.78 is 6.09. The maximum absolute atomic E-state index is 11.6. The second kappa shape index (κ2) is 5.47. The molecule has 8 nitrogen and oxygen atoms in total. The summed E-state index contributed by atoms with van der Waals surface area (Å²) in [6, 6.07) is 4.75. The molecule has 0 N–H and O–H groups in total. The molecule has 0 saturated carbocycles. The van der Waals surface area contributed by atoms with Gasteiger partial charge >= 0.3 is 11.8 Å².